The summed E-state index contributed by atoms with van der Waals surface area (Å²) in [6.07, 6.45) is 0. The number of imide groups is 1. The fourth-order valence-corrected chi connectivity index (χ4v) is 3.52. The zero-order chi connectivity index (χ0) is 20.6. The summed E-state index contributed by atoms with van der Waals surface area (Å²) in [5.74, 6) is 5.91. The molecule has 0 aliphatic carbocycles. The Bertz CT molecular complexity index is 1160. The first kappa shape index (κ1) is 18.9. The van der Waals surface area contributed by atoms with Crippen LogP contribution < -0.4 is 0 Å². The van der Waals surface area contributed by atoms with Gasteiger partial charge in [0.05, 0.1) is 34.2 Å². The van der Waals surface area contributed by atoms with Gasteiger partial charge in [-0.1, -0.05) is 42.2 Å². The number of hydrogen-bond acceptors (Lipinski definition) is 2. The predicted octanol–water partition coefficient (Wildman–Crippen LogP) is 3.54. The third-order valence-corrected chi connectivity index (χ3v) is 5.10. The van der Waals surface area contributed by atoms with Gasteiger partial charge >= 0.3 is 0 Å². The standard InChI is InChI=1S/C25H23N2O2/c1-27(2,3)17-16-26-24(28)21-11-7-10-20-19(13-12-18-8-5-4-6-9-18)14-15-22(23(20)21)25(26)29/h4-11,14-15H,16-17H2,1-3H3/q+1. The molecule has 0 unspecified atom stereocenters. The van der Waals surface area contributed by atoms with E-state index in [2.05, 4.69) is 11.8 Å². The molecule has 0 spiro atoms. The van der Waals surface area contributed by atoms with E-state index in [4.69, 9.17) is 0 Å². The van der Waals surface area contributed by atoms with E-state index in [1.165, 1.54) is 4.90 Å². The fraction of sp³-hybridized carbons (Fsp3) is 0.200. The van der Waals surface area contributed by atoms with Crippen molar-refractivity contribution in [3.63, 3.8) is 0 Å². The average molecular weight is 383 g/mol. The average Bonchev–Trinajstić information content (AvgIpc) is 2.70. The fourth-order valence-electron chi connectivity index (χ4n) is 3.52. The summed E-state index contributed by atoms with van der Waals surface area (Å²) in [5, 5.41) is 1.56. The van der Waals surface area contributed by atoms with Gasteiger partial charge in [0, 0.05) is 27.6 Å². The number of carbonyl (C=O) groups is 2. The summed E-state index contributed by atoms with van der Waals surface area (Å²) in [7, 11) is 6.14. The second-order valence-electron chi connectivity index (χ2n) is 8.28. The largest absolute Gasteiger partial charge is 0.329 e. The Hall–Kier alpha value is -3.42. The molecule has 0 aromatic heterocycles. The van der Waals surface area contributed by atoms with Crippen LogP contribution in [0.4, 0.5) is 0 Å². The lowest BCUT2D eigenvalue weighted by molar-refractivity contribution is -0.869. The zero-order valence-electron chi connectivity index (χ0n) is 16.9. The summed E-state index contributed by atoms with van der Waals surface area (Å²) in [4.78, 5) is 27.5. The van der Waals surface area contributed by atoms with Crippen LogP contribution in [0.15, 0.2) is 60.7 Å². The van der Waals surface area contributed by atoms with Gasteiger partial charge in [0.25, 0.3) is 11.8 Å². The summed E-state index contributed by atoms with van der Waals surface area (Å²) in [6.45, 7) is 1.09. The third-order valence-electron chi connectivity index (χ3n) is 5.10. The zero-order valence-corrected chi connectivity index (χ0v) is 16.9. The molecule has 0 bridgehead atoms. The molecular weight excluding hydrogens is 360 g/mol. The highest BCUT2D eigenvalue weighted by Gasteiger charge is 2.33. The van der Waals surface area contributed by atoms with E-state index >= 15 is 0 Å². The molecular formula is C25H23N2O2+. The molecule has 0 fully saturated rings. The number of carbonyl (C=O) groups excluding carboxylic acids is 2. The van der Waals surface area contributed by atoms with Crippen molar-refractivity contribution in [2.24, 2.45) is 0 Å². The van der Waals surface area contributed by atoms with Crippen LogP contribution in [0.3, 0.4) is 0 Å². The third kappa shape index (κ3) is 3.65. The van der Waals surface area contributed by atoms with Gasteiger partial charge in [-0.25, -0.2) is 0 Å². The van der Waals surface area contributed by atoms with Crippen molar-refractivity contribution in [3.05, 3.63) is 82.9 Å². The Morgan fingerprint density at radius 1 is 0.793 bits per heavy atom. The van der Waals surface area contributed by atoms with E-state index in [0.717, 1.165) is 16.5 Å². The quantitative estimate of drug-likeness (QED) is 0.394. The first-order valence-electron chi connectivity index (χ1n) is 9.64. The first-order chi connectivity index (χ1) is 13.8. The summed E-state index contributed by atoms with van der Waals surface area (Å²) >= 11 is 0. The Morgan fingerprint density at radius 2 is 1.48 bits per heavy atom. The number of nitrogens with zero attached hydrogens (tertiary/aromatic N) is 2. The van der Waals surface area contributed by atoms with Gasteiger partial charge in [-0.15, -0.1) is 0 Å². The molecule has 1 heterocycles. The van der Waals surface area contributed by atoms with E-state index in [9.17, 15) is 9.59 Å². The molecule has 0 saturated carbocycles. The number of likely N-dealkylation sites (N-methyl/N-ethyl adjacent to an activating group) is 1. The molecule has 3 aromatic carbocycles. The van der Waals surface area contributed by atoms with Crippen molar-refractivity contribution in [2.75, 3.05) is 34.2 Å². The summed E-state index contributed by atoms with van der Waals surface area (Å²) in [5.41, 5.74) is 2.88. The summed E-state index contributed by atoms with van der Waals surface area (Å²) < 4.78 is 0.683. The maximum atomic E-state index is 13.1. The Labute approximate surface area is 171 Å². The molecule has 4 rings (SSSR count). The van der Waals surface area contributed by atoms with Crippen LogP contribution in [-0.2, 0) is 0 Å². The van der Waals surface area contributed by atoms with E-state index in [1.807, 2.05) is 69.7 Å². The lowest BCUT2D eigenvalue weighted by atomic mass is 9.91. The minimum absolute atomic E-state index is 0.227. The molecule has 0 atom stereocenters. The minimum Gasteiger partial charge on any atom is -0.329 e. The van der Waals surface area contributed by atoms with Crippen molar-refractivity contribution in [1.29, 1.82) is 0 Å². The molecule has 0 saturated heterocycles. The van der Waals surface area contributed by atoms with Gasteiger partial charge in [-0.2, -0.15) is 0 Å². The van der Waals surface area contributed by atoms with Gasteiger partial charge in [-0.05, 0) is 35.7 Å². The molecule has 1 aliphatic rings. The van der Waals surface area contributed by atoms with Gasteiger partial charge in [0.2, 0.25) is 0 Å². The molecule has 29 heavy (non-hydrogen) atoms. The molecule has 1 aliphatic heterocycles. The second kappa shape index (κ2) is 7.20. The Kier molecular flexibility index (Phi) is 4.70. The molecule has 0 radical (unpaired) electrons. The molecule has 3 aromatic rings. The highest BCUT2D eigenvalue weighted by Crippen LogP contribution is 2.32. The SMILES string of the molecule is C[N+](C)(C)CCN1C(=O)c2cccc3c(C#Cc4ccccc4)ccc(c23)C1=O. The molecule has 4 nitrogen and oxygen atoms in total. The van der Waals surface area contributed by atoms with E-state index in [1.54, 1.807) is 12.1 Å². The Balaban J connectivity index is 1.79. The van der Waals surface area contributed by atoms with Crippen molar-refractivity contribution in [1.82, 2.24) is 4.90 Å². The van der Waals surface area contributed by atoms with Crippen LogP contribution in [0.5, 0.6) is 0 Å². The van der Waals surface area contributed by atoms with E-state index in [0.29, 0.717) is 34.1 Å². The topological polar surface area (TPSA) is 37.4 Å². The Morgan fingerprint density at radius 3 is 2.17 bits per heavy atom. The number of hydrogen-bond donors (Lipinski definition) is 0. The lowest BCUT2D eigenvalue weighted by Gasteiger charge is -2.31. The van der Waals surface area contributed by atoms with Gasteiger partial charge in [-0.3, -0.25) is 14.5 Å². The number of rotatable bonds is 3. The monoisotopic (exact) mass is 383 g/mol. The smallest absolute Gasteiger partial charge is 0.261 e. The van der Waals surface area contributed by atoms with Crippen LogP contribution in [-0.4, -0.2) is 55.4 Å². The van der Waals surface area contributed by atoms with E-state index in [-0.39, 0.29) is 11.8 Å². The van der Waals surface area contributed by atoms with Crippen molar-refractivity contribution in [2.45, 2.75) is 0 Å². The highest BCUT2D eigenvalue weighted by atomic mass is 16.2. The molecule has 0 N–H and O–H groups in total. The molecule has 144 valence electrons. The van der Waals surface area contributed by atoms with Crippen molar-refractivity contribution >= 4 is 22.6 Å². The normalized spacial score (nSPS) is 13.4. The van der Waals surface area contributed by atoms with E-state index < -0.39 is 0 Å². The number of amides is 2. The van der Waals surface area contributed by atoms with Gasteiger partial charge in [0.1, 0.15) is 0 Å². The second-order valence-corrected chi connectivity index (χ2v) is 8.28. The first-order valence-corrected chi connectivity index (χ1v) is 9.64. The predicted molar refractivity (Wildman–Crippen MR) is 115 cm³/mol. The molecule has 4 heteroatoms. The summed E-state index contributed by atoms with van der Waals surface area (Å²) in [6, 6.07) is 19.0. The lowest BCUT2D eigenvalue weighted by Crippen LogP contribution is -2.47. The van der Waals surface area contributed by atoms with Crippen LogP contribution in [0, 0.1) is 11.8 Å². The van der Waals surface area contributed by atoms with Gasteiger partial charge in [0.15, 0.2) is 0 Å². The van der Waals surface area contributed by atoms with Crippen LogP contribution >= 0.6 is 0 Å². The molecule has 2 amide bonds. The number of benzene rings is 3. The highest BCUT2D eigenvalue weighted by molar-refractivity contribution is 6.26. The maximum absolute atomic E-state index is 13.1. The van der Waals surface area contributed by atoms with Gasteiger partial charge < -0.3 is 4.48 Å². The maximum Gasteiger partial charge on any atom is 0.261 e. The van der Waals surface area contributed by atoms with Crippen molar-refractivity contribution in [3.8, 4) is 11.8 Å². The van der Waals surface area contributed by atoms with Crippen LogP contribution in [0.25, 0.3) is 10.8 Å². The minimum atomic E-state index is -0.227. The van der Waals surface area contributed by atoms with Crippen LogP contribution in [0.1, 0.15) is 31.8 Å². The number of quaternary nitrogens is 1. The van der Waals surface area contributed by atoms with Crippen LogP contribution in [0.2, 0.25) is 0 Å². The van der Waals surface area contributed by atoms with Crippen molar-refractivity contribution < 1.29 is 14.1 Å².